The Morgan fingerprint density at radius 1 is 0.800 bits per heavy atom. The molecule has 2 fully saturated rings. The number of para-hydroxylation sites is 2. The van der Waals surface area contributed by atoms with Crippen LogP contribution in [0, 0.1) is 35.5 Å². The first-order chi connectivity index (χ1) is 28.8. The van der Waals surface area contributed by atoms with Crippen LogP contribution in [-0.4, -0.2) is 87.3 Å². The van der Waals surface area contributed by atoms with Crippen molar-refractivity contribution in [2.45, 2.75) is 128 Å². The van der Waals surface area contributed by atoms with Crippen LogP contribution < -0.4 is 27.4 Å². The van der Waals surface area contributed by atoms with Gasteiger partial charge in [-0.15, -0.1) is 0 Å². The highest BCUT2D eigenvalue weighted by Crippen LogP contribution is 2.38. The average molecular weight is 815 g/mol. The molecule has 0 spiro atoms. The highest BCUT2D eigenvalue weighted by Gasteiger charge is 2.41. The fourth-order valence-electron chi connectivity index (χ4n) is 8.95. The minimum absolute atomic E-state index is 0.0276. The van der Waals surface area contributed by atoms with Gasteiger partial charge in [-0.3, -0.25) is 19.2 Å². The van der Waals surface area contributed by atoms with Crippen LogP contribution in [0.5, 0.6) is 0 Å². The predicted molar refractivity (Wildman–Crippen MR) is 237 cm³/mol. The van der Waals surface area contributed by atoms with Gasteiger partial charge in [0.25, 0.3) is 0 Å². The van der Waals surface area contributed by atoms with E-state index in [1.165, 1.54) is 0 Å². The smallest absolute Gasteiger partial charge is 0.245 e. The second-order valence-corrected chi connectivity index (χ2v) is 17.3. The number of carbonyl (C=O) groups is 4. The molecule has 0 aliphatic carbocycles. The SMILES string of the molecule is CC(N)C(=O)NC(C(=O)C(c1cn(CC#CC#CCC(c2c[nH]c3ccccc23)C2CCCN2C(=O)C(NC(=O)C(C)N)C(C)C)c2ccccc12)C1CCCN1)C(C)C. The predicted octanol–water partition coefficient (Wildman–Crippen LogP) is 4.68. The zero-order chi connectivity index (χ0) is 43.1. The largest absolute Gasteiger partial charge is 0.361 e. The van der Waals surface area contributed by atoms with Gasteiger partial charge in [-0.05, 0) is 93.0 Å². The summed E-state index contributed by atoms with van der Waals surface area (Å²) in [6, 6.07) is 13.2. The number of likely N-dealkylation sites (tertiary alicyclic amines) is 1. The summed E-state index contributed by atoms with van der Waals surface area (Å²) in [4.78, 5) is 59.4. The number of aromatic nitrogens is 2. The van der Waals surface area contributed by atoms with E-state index in [0.717, 1.165) is 65.2 Å². The fourth-order valence-corrected chi connectivity index (χ4v) is 8.95. The molecule has 12 nitrogen and oxygen atoms in total. The van der Waals surface area contributed by atoms with Crippen LogP contribution in [-0.2, 0) is 25.7 Å². The molecule has 60 heavy (non-hydrogen) atoms. The van der Waals surface area contributed by atoms with Gasteiger partial charge in [-0.1, -0.05) is 75.9 Å². The Balaban J connectivity index is 1.26. The van der Waals surface area contributed by atoms with Crippen molar-refractivity contribution >= 4 is 45.3 Å². The molecule has 8 N–H and O–H groups in total. The second-order valence-electron chi connectivity index (χ2n) is 17.3. The van der Waals surface area contributed by atoms with Crippen molar-refractivity contribution in [1.82, 2.24) is 30.4 Å². The first-order valence-corrected chi connectivity index (χ1v) is 21.6. The number of nitrogens with one attached hydrogen (secondary N) is 4. The molecule has 12 heteroatoms. The molecule has 2 aromatic carbocycles. The van der Waals surface area contributed by atoms with Crippen LogP contribution >= 0.6 is 0 Å². The summed E-state index contributed by atoms with van der Waals surface area (Å²) in [6.45, 7) is 12.8. The number of nitrogens with zero attached hydrogens (tertiary/aromatic N) is 2. The van der Waals surface area contributed by atoms with E-state index in [2.05, 4.69) is 55.2 Å². The molecule has 2 aromatic heterocycles. The maximum Gasteiger partial charge on any atom is 0.245 e. The quantitative estimate of drug-likeness (QED) is 0.0944. The average Bonchev–Trinajstić information content (AvgIpc) is 4.06. The summed E-state index contributed by atoms with van der Waals surface area (Å²) in [5.74, 6) is 11.2. The van der Waals surface area contributed by atoms with E-state index in [1.54, 1.807) is 13.8 Å². The maximum absolute atomic E-state index is 14.5. The molecule has 2 aliphatic rings. The third kappa shape index (κ3) is 9.79. The standard InChI is InChI=1S/C48H62N8O4/c1-29(2)43(53-46(58)31(5)49)45(57)42(39-21-15-24-51-39)37-28-55(40-22-13-11-19-35(37)40)25-14-8-7-9-18-34(36-27-52-38-20-12-10-17-33(36)38)41-23-16-26-56(41)48(60)44(30(3)4)54-47(59)32(6)50/h10-13,17,19-20,22,27-32,34,39,41-44,51-52H,15-16,18,21,23-26,49-50H2,1-6H3,(H,53,58)(H,54,59). The minimum Gasteiger partial charge on any atom is -0.361 e. The van der Waals surface area contributed by atoms with Crippen molar-refractivity contribution in [2.24, 2.45) is 23.3 Å². The number of fused-ring (bicyclic) bond motifs is 2. The molecule has 2 saturated heterocycles. The number of nitrogens with two attached hydrogens (primary N) is 2. The van der Waals surface area contributed by atoms with Gasteiger partial charge in [0.05, 0.1) is 30.6 Å². The Morgan fingerprint density at radius 3 is 2.12 bits per heavy atom. The number of aromatic amines is 1. The van der Waals surface area contributed by atoms with E-state index < -0.39 is 30.1 Å². The molecule has 4 heterocycles. The third-order valence-corrected chi connectivity index (χ3v) is 12.2. The van der Waals surface area contributed by atoms with E-state index in [0.29, 0.717) is 19.5 Å². The second kappa shape index (κ2) is 19.8. The lowest BCUT2D eigenvalue weighted by Crippen LogP contribution is -2.55. The molecule has 6 rings (SSSR count). The van der Waals surface area contributed by atoms with Crippen molar-refractivity contribution in [1.29, 1.82) is 0 Å². The first kappa shape index (κ1) is 44.2. The van der Waals surface area contributed by atoms with Gasteiger partial charge < -0.3 is 41.9 Å². The molecule has 0 bridgehead atoms. The molecule has 8 atom stereocenters. The summed E-state index contributed by atoms with van der Waals surface area (Å²) >= 11 is 0. The van der Waals surface area contributed by atoms with Crippen LogP contribution in [0.25, 0.3) is 21.8 Å². The van der Waals surface area contributed by atoms with Crippen LogP contribution in [0.3, 0.4) is 0 Å². The number of rotatable bonds is 15. The number of Topliss-reactive ketones (excluding diaryl/α,β-unsaturated/α-hetero) is 1. The van der Waals surface area contributed by atoms with Crippen LogP contribution in [0.2, 0.25) is 0 Å². The van der Waals surface area contributed by atoms with E-state index in [9.17, 15) is 19.2 Å². The van der Waals surface area contributed by atoms with Crippen molar-refractivity contribution < 1.29 is 19.2 Å². The highest BCUT2D eigenvalue weighted by atomic mass is 16.2. The molecule has 318 valence electrons. The van der Waals surface area contributed by atoms with Gasteiger partial charge >= 0.3 is 0 Å². The van der Waals surface area contributed by atoms with Crippen molar-refractivity contribution in [3.63, 3.8) is 0 Å². The Morgan fingerprint density at radius 2 is 1.45 bits per heavy atom. The van der Waals surface area contributed by atoms with Crippen LogP contribution in [0.4, 0.5) is 0 Å². The van der Waals surface area contributed by atoms with E-state index >= 15 is 0 Å². The summed E-state index contributed by atoms with van der Waals surface area (Å²) in [7, 11) is 0. The number of benzene rings is 2. The van der Waals surface area contributed by atoms with Gasteiger partial charge in [0, 0.05) is 65.2 Å². The third-order valence-electron chi connectivity index (χ3n) is 12.2. The van der Waals surface area contributed by atoms with Crippen LogP contribution in [0.1, 0.15) is 96.6 Å². The number of ketones is 1. The molecular formula is C48H62N8O4. The number of carbonyl (C=O) groups excluding carboxylic acids is 4. The monoisotopic (exact) mass is 814 g/mol. The van der Waals surface area contributed by atoms with Gasteiger partial charge in [-0.2, -0.15) is 0 Å². The van der Waals surface area contributed by atoms with Crippen molar-refractivity contribution in [3.8, 4) is 23.7 Å². The number of hydrogen-bond donors (Lipinski definition) is 6. The maximum atomic E-state index is 14.5. The van der Waals surface area contributed by atoms with E-state index in [4.69, 9.17) is 11.5 Å². The summed E-state index contributed by atoms with van der Waals surface area (Å²) < 4.78 is 2.07. The van der Waals surface area contributed by atoms with Crippen molar-refractivity contribution in [3.05, 3.63) is 72.1 Å². The fraction of sp³-hybridized carbons (Fsp3) is 0.500. The lowest BCUT2D eigenvalue weighted by molar-refractivity contribution is -0.139. The van der Waals surface area contributed by atoms with Crippen molar-refractivity contribution in [2.75, 3.05) is 13.1 Å². The number of amides is 3. The first-order valence-electron chi connectivity index (χ1n) is 21.6. The Hall–Kier alpha value is -5.40. The summed E-state index contributed by atoms with van der Waals surface area (Å²) in [6.07, 6.45) is 8.04. The van der Waals surface area contributed by atoms with E-state index in [-0.39, 0.29) is 53.3 Å². The Labute approximate surface area is 354 Å². The summed E-state index contributed by atoms with van der Waals surface area (Å²) in [5, 5.41) is 11.5. The minimum atomic E-state index is -0.726. The molecule has 0 saturated carbocycles. The number of hydrogen-bond acceptors (Lipinski definition) is 7. The Bertz CT molecular complexity index is 2290. The van der Waals surface area contributed by atoms with Crippen LogP contribution in [0.15, 0.2) is 60.9 Å². The molecule has 8 unspecified atom stereocenters. The molecular weight excluding hydrogens is 753 g/mol. The van der Waals surface area contributed by atoms with E-state index in [1.807, 2.05) is 87.5 Å². The molecule has 3 amide bonds. The highest BCUT2D eigenvalue weighted by molar-refractivity contribution is 5.99. The van der Waals surface area contributed by atoms with Gasteiger partial charge in [0.1, 0.15) is 6.04 Å². The zero-order valence-electron chi connectivity index (χ0n) is 35.9. The van der Waals surface area contributed by atoms with Gasteiger partial charge in [-0.25, -0.2) is 0 Å². The zero-order valence-corrected chi connectivity index (χ0v) is 35.9. The molecule has 4 aromatic rings. The topological polar surface area (TPSA) is 180 Å². The van der Waals surface area contributed by atoms with Gasteiger partial charge in [0.15, 0.2) is 5.78 Å². The lowest BCUT2D eigenvalue weighted by atomic mass is 9.81. The normalized spacial score (nSPS) is 19.5. The lowest BCUT2D eigenvalue weighted by Gasteiger charge is -2.35. The number of H-pyrrole nitrogens is 1. The summed E-state index contributed by atoms with van der Waals surface area (Å²) in [5.41, 5.74) is 15.8. The molecule has 0 radical (unpaired) electrons. The Kier molecular flexibility index (Phi) is 14.6. The van der Waals surface area contributed by atoms with Gasteiger partial charge in [0.2, 0.25) is 17.7 Å². The molecule has 2 aliphatic heterocycles.